The molecule has 2 aliphatic rings. The molecular formula is C27H31N3O6. The van der Waals surface area contributed by atoms with Gasteiger partial charge in [0.05, 0.1) is 52.3 Å². The quantitative estimate of drug-likeness (QED) is 0.511. The van der Waals surface area contributed by atoms with Gasteiger partial charge in [0.1, 0.15) is 11.5 Å². The Balaban J connectivity index is 1.65. The van der Waals surface area contributed by atoms with Gasteiger partial charge >= 0.3 is 6.03 Å². The summed E-state index contributed by atoms with van der Waals surface area (Å²) in [6, 6.07) is 10.1. The molecule has 3 amide bonds. The minimum absolute atomic E-state index is 0.130. The summed E-state index contributed by atoms with van der Waals surface area (Å²) in [5.74, 6) is 2.32. The summed E-state index contributed by atoms with van der Waals surface area (Å²) < 4.78 is 21.7. The molecule has 0 spiro atoms. The lowest BCUT2D eigenvalue weighted by atomic mass is 9.94. The van der Waals surface area contributed by atoms with Crippen molar-refractivity contribution in [1.29, 1.82) is 0 Å². The minimum atomic E-state index is -0.669. The monoisotopic (exact) mass is 493 g/mol. The van der Waals surface area contributed by atoms with Gasteiger partial charge in [-0.15, -0.1) is 6.58 Å². The lowest BCUT2D eigenvalue weighted by molar-refractivity contribution is -0.125. The Hall–Kier alpha value is -4.14. The molecule has 0 radical (unpaired) electrons. The summed E-state index contributed by atoms with van der Waals surface area (Å²) in [5.41, 5.74) is 2.86. The Bertz CT molecular complexity index is 1210. The first-order chi connectivity index (χ1) is 17.4. The average molecular weight is 494 g/mol. The fraction of sp³-hybridized carbons (Fsp3) is 0.333. The third-order valence-electron chi connectivity index (χ3n) is 6.47. The largest absolute Gasteiger partial charge is 0.497 e. The van der Waals surface area contributed by atoms with Gasteiger partial charge in [-0.25, -0.2) is 4.79 Å². The van der Waals surface area contributed by atoms with Crippen LogP contribution in [-0.4, -0.2) is 69.8 Å². The molecule has 1 atom stereocenters. The van der Waals surface area contributed by atoms with Crippen molar-refractivity contribution in [2.45, 2.75) is 12.5 Å². The van der Waals surface area contributed by atoms with E-state index in [-0.39, 0.29) is 11.9 Å². The maximum atomic E-state index is 13.7. The zero-order valence-corrected chi connectivity index (χ0v) is 21.0. The first kappa shape index (κ1) is 25.0. The van der Waals surface area contributed by atoms with Gasteiger partial charge in [0.2, 0.25) is 0 Å². The van der Waals surface area contributed by atoms with E-state index in [0.29, 0.717) is 65.9 Å². The van der Waals surface area contributed by atoms with Gasteiger partial charge in [0, 0.05) is 18.7 Å². The van der Waals surface area contributed by atoms with Crippen molar-refractivity contribution in [2.75, 3.05) is 48.1 Å². The lowest BCUT2D eigenvalue weighted by Gasteiger charge is -2.33. The highest BCUT2D eigenvalue weighted by atomic mass is 16.5. The van der Waals surface area contributed by atoms with E-state index in [1.165, 1.54) is 0 Å². The van der Waals surface area contributed by atoms with Gasteiger partial charge < -0.3 is 29.2 Å². The van der Waals surface area contributed by atoms with Crippen LogP contribution in [0.1, 0.15) is 17.2 Å². The number of carbonyl (C=O) groups excluding carboxylic acids is 2. The number of nitrogens with one attached hydrogen (secondary N) is 1. The first-order valence-corrected chi connectivity index (χ1v) is 11.6. The summed E-state index contributed by atoms with van der Waals surface area (Å²) in [5, 5.41) is 2.99. The van der Waals surface area contributed by atoms with Crippen molar-refractivity contribution < 1.29 is 28.5 Å². The normalized spacial score (nSPS) is 17.1. The smallest absolute Gasteiger partial charge is 0.322 e. The third kappa shape index (κ3) is 4.56. The number of carbonyl (C=O) groups is 2. The predicted octanol–water partition coefficient (Wildman–Crippen LogP) is 3.31. The van der Waals surface area contributed by atoms with Crippen LogP contribution >= 0.6 is 0 Å². The van der Waals surface area contributed by atoms with Crippen LogP contribution in [0.5, 0.6) is 23.0 Å². The predicted molar refractivity (Wildman–Crippen MR) is 135 cm³/mol. The Labute approximate surface area is 210 Å². The second-order valence-corrected chi connectivity index (χ2v) is 8.42. The van der Waals surface area contributed by atoms with Crippen LogP contribution in [0, 0.1) is 0 Å². The lowest BCUT2D eigenvalue weighted by Crippen LogP contribution is -2.47. The molecule has 1 unspecified atom stereocenters. The first-order valence-electron chi connectivity index (χ1n) is 11.6. The number of amides is 3. The van der Waals surface area contributed by atoms with Crippen molar-refractivity contribution in [1.82, 2.24) is 15.1 Å². The van der Waals surface area contributed by atoms with E-state index in [1.807, 2.05) is 18.2 Å². The van der Waals surface area contributed by atoms with Gasteiger partial charge in [0.15, 0.2) is 11.5 Å². The van der Waals surface area contributed by atoms with Crippen molar-refractivity contribution in [2.24, 2.45) is 0 Å². The Morgan fingerprint density at radius 1 is 0.972 bits per heavy atom. The average Bonchev–Trinajstić information content (AvgIpc) is 3.24. The maximum Gasteiger partial charge on any atom is 0.322 e. The Morgan fingerprint density at radius 2 is 1.69 bits per heavy atom. The summed E-state index contributed by atoms with van der Waals surface area (Å²) in [4.78, 5) is 30.2. The van der Waals surface area contributed by atoms with E-state index in [2.05, 4.69) is 11.9 Å². The number of ether oxygens (including phenoxy) is 4. The number of hydrogen-bond acceptors (Lipinski definition) is 6. The number of benzene rings is 2. The number of nitrogens with zero attached hydrogens (tertiary/aromatic N) is 2. The second-order valence-electron chi connectivity index (χ2n) is 8.42. The summed E-state index contributed by atoms with van der Waals surface area (Å²) >= 11 is 0. The molecule has 36 heavy (non-hydrogen) atoms. The van der Waals surface area contributed by atoms with Crippen LogP contribution in [0.25, 0.3) is 0 Å². The Kier molecular flexibility index (Phi) is 7.38. The van der Waals surface area contributed by atoms with Crippen LogP contribution in [-0.2, 0) is 11.2 Å². The molecule has 2 aromatic rings. The molecule has 2 aromatic carbocycles. The number of rotatable bonds is 10. The zero-order chi connectivity index (χ0) is 25.8. The molecule has 0 aliphatic carbocycles. The van der Waals surface area contributed by atoms with Crippen LogP contribution in [0.3, 0.4) is 0 Å². The van der Waals surface area contributed by atoms with Crippen LogP contribution < -0.4 is 24.3 Å². The van der Waals surface area contributed by atoms with Crippen LogP contribution in [0.15, 0.2) is 60.3 Å². The molecule has 4 rings (SSSR count). The SMILES string of the molecule is C=CCN1C(=O)NC(c2cc(OC)ccc2OC)C2=C1CN(CCc1ccc(OC)c(OC)c1)C2=O. The number of urea groups is 1. The molecule has 0 fully saturated rings. The van der Waals surface area contributed by atoms with Crippen LogP contribution in [0.2, 0.25) is 0 Å². The van der Waals surface area contributed by atoms with Gasteiger partial charge in [-0.05, 0) is 42.3 Å². The van der Waals surface area contributed by atoms with E-state index in [4.69, 9.17) is 18.9 Å². The Morgan fingerprint density at radius 3 is 2.36 bits per heavy atom. The summed E-state index contributed by atoms with van der Waals surface area (Å²) in [6.45, 7) is 4.87. The third-order valence-corrected chi connectivity index (χ3v) is 6.47. The minimum Gasteiger partial charge on any atom is -0.497 e. The standard InChI is InChI=1S/C27H31N3O6/c1-6-12-30-20-16-29(13-11-17-7-9-22(35-4)23(14-17)36-5)26(31)24(20)25(28-27(30)32)19-15-18(33-2)8-10-21(19)34-3/h6-10,14-15,25H,1,11-13,16H2,2-5H3,(H,28,32). The maximum absolute atomic E-state index is 13.7. The summed E-state index contributed by atoms with van der Waals surface area (Å²) in [6.07, 6.45) is 2.26. The highest BCUT2D eigenvalue weighted by molar-refractivity contribution is 6.01. The van der Waals surface area contributed by atoms with Crippen molar-refractivity contribution in [3.8, 4) is 23.0 Å². The zero-order valence-electron chi connectivity index (χ0n) is 21.0. The molecule has 2 heterocycles. The van der Waals surface area contributed by atoms with E-state index in [9.17, 15) is 9.59 Å². The second kappa shape index (κ2) is 10.6. The molecule has 1 N–H and O–H groups in total. The topological polar surface area (TPSA) is 89.6 Å². The molecule has 2 aliphatic heterocycles. The van der Waals surface area contributed by atoms with E-state index in [1.54, 1.807) is 62.5 Å². The molecule has 9 nitrogen and oxygen atoms in total. The highest BCUT2D eigenvalue weighted by Crippen LogP contribution is 2.40. The van der Waals surface area contributed by atoms with E-state index >= 15 is 0 Å². The molecular weight excluding hydrogens is 462 g/mol. The van der Waals surface area contributed by atoms with E-state index in [0.717, 1.165) is 5.56 Å². The van der Waals surface area contributed by atoms with Crippen molar-refractivity contribution in [3.63, 3.8) is 0 Å². The molecule has 190 valence electrons. The van der Waals surface area contributed by atoms with Gasteiger partial charge in [0.25, 0.3) is 5.91 Å². The number of methoxy groups -OCH3 is 4. The molecule has 9 heteroatoms. The van der Waals surface area contributed by atoms with E-state index < -0.39 is 6.04 Å². The molecule has 0 bridgehead atoms. The fourth-order valence-electron chi connectivity index (χ4n) is 4.65. The van der Waals surface area contributed by atoms with Gasteiger partial charge in [-0.3, -0.25) is 9.69 Å². The molecule has 0 saturated heterocycles. The fourth-order valence-corrected chi connectivity index (χ4v) is 4.65. The highest BCUT2D eigenvalue weighted by Gasteiger charge is 2.44. The van der Waals surface area contributed by atoms with Crippen LogP contribution in [0.4, 0.5) is 4.79 Å². The molecule has 0 aromatic heterocycles. The van der Waals surface area contributed by atoms with Crippen molar-refractivity contribution in [3.05, 3.63) is 71.5 Å². The van der Waals surface area contributed by atoms with Crippen molar-refractivity contribution >= 4 is 11.9 Å². The molecule has 0 saturated carbocycles. The van der Waals surface area contributed by atoms with Gasteiger partial charge in [-0.1, -0.05) is 12.1 Å². The number of hydrogen-bond donors (Lipinski definition) is 1. The summed E-state index contributed by atoms with van der Waals surface area (Å²) in [7, 11) is 6.31. The van der Waals surface area contributed by atoms with Gasteiger partial charge in [-0.2, -0.15) is 0 Å².